The van der Waals surface area contributed by atoms with Gasteiger partial charge < -0.3 is 10.1 Å². The maximum atomic E-state index is 12.7. The molecule has 1 saturated heterocycles. The zero-order valence-corrected chi connectivity index (χ0v) is 19.6. The molecule has 1 aliphatic rings. The van der Waals surface area contributed by atoms with E-state index in [1.54, 1.807) is 0 Å². The summed E-state index contributed by atoms with van der Waals surface area (Å²) in [5.41, 5.74) is 6.28. The molecule has 34 heavy (non-hydrogen) atoms. The number of benzene rings is 3. The number of hydrogen-bond acceptors (Lipinski definition) is 6. The van der Waals surface area contributed by atoms with Crippen molar-refractivity contribution in [1.82, 2.24) is 14.5 Å². The van der Waals surface area contributed by atoms with Gasteiger partial charge in [-0.3, -0.25) is 24.1 Å². The molecule has 0 radical (unpaired) electrons. The first-order chi connectivity index (χ1) is 16.0. The number of ether oxygens (including phenoxy) is 1. The molecule has 0 spiro atoms. The van der Waals surface area contributed by atoms with E-state index in [1.165, 1.54) is 4.49 Å². The minimum absolute atomic E-state index is 0.0575. The van der Waals surface area contributed by atoms with Crippen LogP contribution in [0.5, 0.6) is 0 Å². The molecule has 0 bridgehead atoms. The number of piperidine rings is 1. The van der Waals surface area contributed by atoms with E-state index in [4.69, 9.17) is 14.8 Å². The van der Waals surface area contributed by atoms with Gasteiger partial charge in [0, 0.05) is 12.1 Å². The van der Waals surface area contributed by atoms with Crippen LogP contribution in [0.3, 0.4) is 0 Å². The molecule has 3 aromatic carbocycles. The van der Waals surface area contributed by atoms with Gasteiger partial charge in [-0.15, -0.1) is 4.49 Å². The Kier molecular flexibility index (Phi) is 6.61. The third-order valence-electron chi connectivity index (χ3n) is 5.54. The Labute approximate surface area is 195 Å². The molecule has 2 atom stereocenters. The number of carbonyl (C=O) groups is 2. The van der Waals surface area contributed by atoms with E-state index in [-0.39, 0.29) is 19.6 Å². The van der Waals surface area contributed by atoms with Crippen LogP contribution in [0.4, 0.5) is 4.79 Å². The van der Waals surface area contributed by atoms with Gasteiger partial charge in [0.1, 0.15) is 12.6 Å². The summed E-state index contributed by atoms with van der Waals surface area (Å²) >= 11 is 0. The van der Waals surface area contributed by atoms with Crippen LogP contribution in [0.2, 0.25) is 0 Å². The fraction of sp³-hybridized carbons (Fsp3) is 0.238. The Bertz CT molecular complexity index is 1380. The van der Waals surface area contributed by atoms with Crippen LogP contribution in [0.25, 0.3) is 21.5 Å². The van der Waals surface area contributed by atoms with Crippen molar-refractivity contribution < 1.29 is 31.9 Å². The van der Waals surface area contributed by atoms with Gasteiger partial charge in [-0.2, -0.15) is 8.42 Å². The second-order valence-corrected chi connectivity index (χ2v) is 11.3. The Morgan fingerprint density at radius 2 is 1.74 bits per heavy atom. The van der Waals surface area contributed by atoms with Crippen molar-refractivity contribution in [3.8, 4) is 0 Å². The number of amides is 2. The molecule has 0 aromatic heterocycles. The van der Waals surface area contributed by atoms with Crippen molar-refractivity contribution in [2.24, 2.45) is 5.50 Å². The van der Waals surface area contributed by atoms with Gasteiger partial charge in [-0.25, -0.2) is 4.79 Å². The van der Waals surface area contributed by atoms with Crippen molar-refractivity contribution in [3.63, 3.8) is 0 Å². The Hall–Kier alpha value is -3.02. The number of rotatable bonds is 6. The average molecular weight is 506 g/mol. The van der Waals surface area contributed by atoms with Crippen LogP contribution < -0.4 is 15.3 Å². The molecule has 0 saturated carbocycles. The minimum Gasteiger partial charge on any atom is -0.445 e. The quantitative estimate of drug-likeness (QED) is 0.225. The lowest BCUT2D eigenvalue weighted by atomic mass is 9.97. The van der Waals surface area contributed by atoms with Crippen LogP contribution in [-0.4, -0.2) is 42.2 Å². The molecule has 0 unspecified atom stereocenters. The molecule has 1 fully saturated rings. The number of nitrogens with zero attached hydrogens (tertiary/aromatic N) is 1. The number of hydrogen-bond donors (Lipinski definition) is 4. The summed E-state index contributed by atoms with van der Waals surface area (Å²) in [6, 6.07) is 16.3. The van der Waals surface area contributed by atoms with E-state index >= 15 is 0 Å². The highest BCUT2D eigenvalue weighted by Crippen LogP contribution is 2.40. The highest BCUT2D eigenvalue weighted by Gasteiger charge is 2.40. The summed E-state index contributed by atoms with van der Waals surface area (Å²) in [6.07, 6.45) is -0.362. The van der Waals surface area contributed by atoms with E-state index in [0.29, 0.717) is 11.1 Å². The summed E-state index contributed by atoms with van der Waals surface area (Å²) in [6.45, 7) is -0.164. The second kappa shape index (κ2) is 9.32. The van der Waals surface area contributed by atoms with Gasteiger partial charge >= 0.3 is 24.0 Å². The van der Waals surface area contributed by atoms with Gasteiger partial charge in [0.2, 0.25) is 0 Å². The molecule has 4 rings (SSSR count). The number of fused-ring (bicyclic) bond motifs is 2. The molecule has 0 aliphatic carbocycles. The van der Waals surface area contributed by atoms with E-state index in [2.05, 4.69) is 11.4 Å². The molecule has 3 aromatic rings. The highest BCUT2D eigenvalue weighted by molar-refractivity contribution is 7.90. The Balaban J connectivity index is 1.49. The van der Waals surface area contributed by atoms with Crippen LogP contribution in [0.1, 0.15) is 18.4 Å². The lowest BCUT2D eigenvalue weighted by molar-refractivity contribution is -0.130. The maximum Gasteiger partial charge on any atom is 0.408 e. The average Bonchev–Trinajstić information content (AvgIpc) is 2.76. The van der Waals surface area contributed by atoms with Gasteiger partial charge in [0.05, 0.1) is 0 Å². The van der Waals surface area contributed by atoms with Crippen molar-refractivity contribution >= 4 is 51.4 Å². The molecule has 11 nitrogen and oxygen atoms in total. The number of carbonyl (C=O) groups excluding carboxylic acids is 2. The van der Waals surface area contributed by atoms with Crippen LogP contribution in [0.15, 0.2) is 54.6 Å². The first kappa shape index (κ1) is 24.1. The van der Waals surface area contributed by atoms with Crippen molar-refractivity contribution in [2.45, 2.75) is 25.5 Å². The minimum atomic E-state index is -4.91. The molecule has 180 valence electrons. The summed E-state index contributed by atoms with van der Waals surface area (Å²) in [4.78, 5) is 25.2. The van der Waals surface area contributed by atoms with Crippen LogP contribution in [-0.2, 0) is 31.0 Å². The fourth-order valence-electron chi connectivity index (χ4n) is 4.09. The lowest BCUT2D eigenvalue weighted by Crippen LogP contribution is -2.53. The first-order valence-corrected chi connectivity index (χ1v) is 13.5. The van der Waals surface area contributed by atoms with Crippen LogP contribution in [0, 0.1) is 0 Å². The Morgan fingerprint density at radius 3 is 2.32 bits per heavy atom. The maximum absolute atomic E-state index is 12.7. The predicted octanol–water partition coefficient (Wildman–Crippen LogP) is 2.67. The fourth-order valence-corrected chi connectivity index (χ4v) is 6.67. The van der Waals surface area contributed by atoms with E-state index < -0.39 is 35.9 Å². The van der Waals surface area contributed by atoms with E-state index in [1.807, 2.05) is 48.5 Å². The SMILES string of the molecule is N[P@@](=O)(NS(=O)(=O)O)N1CCC[C@@H](NC(=O)OCc2c3ccccc3cc3ccccc23)C1=O. The molecule has 5 N–H and O–H groups in total. The van der Waals surface area contributed by atoms with Gasteiger partial charge in [0.15, 0.2) is 0 Å². The summed E-state index contributed by atoms with van der Waals surface area (Å²) < 4.78 is 50.8. The third kappa shape index (κ3) is 5.21. The number of nitrogens with two attached hydrogens (primary N) is 1. The smallest absolute Gasteiger partial charge is 0.408 e. The topological polar surface area (TPSA) is 168 Å². The van der Waals surface area contributed by atoms with Gasteiger partial charge in [-0.05, 0) is 40.5 Å². The first-order valence-electron chi connectivity index (χ1n) is 10.3. The third-order valence-corrected chi connectivity index (χ3v) is 8.63. The molecule has 1 heterocycles. The Morgan fingerprint density at radius 1 is 1.15 bits per heavy atom. The summed E-state index contributed by atoms with van der Waals surface area (Å²) in [5, 5.41) is 6.26. The zero-order chi connectivity index (χ0) is 24.5. The van der Waals surface area contributed by atoms with Crippen molar-refractivity contribution in [1.29, 1.82) is 0 Å². The monoisotopic (exact) mass is 506 g/mol. The predicted molar refractivity (Wildman–Crippen MR) is 126 cm³/mol. The summed E-state index contributed by atoms with van der Waals surface area (Å²) in [7, 11) is -9.36. The molecular formula is C21H23N4O7PS. The molecular weight excluding hydrogens is 483 g/mol. The highest BCUT2D eigenvalue weighted by atomic mass is 32.2. The second-order valence-electron chi connectivity index (χ2n) is 7.86. The zero-order valence-electron chi connectivity index (χ0n) is 17.9. The normalized spacial score (nSPS) is 18.6. The van der Waals surface area contributed by atoms with Crippen molar-refractivity contribution in [3.05, 3.63) is 60.2 Å². The largest absolute Gasteiger partial charge is 0.445 e. The lowest BCUT2D eigenvalue weighted by Gasteiger charge is -2.35. The van der Waals surface area contributed by atoms with Crippen LogP contribution >= 0.6 is 7.59 Å². The van der Waals surface area contributed by atoms with E-state index in [0.717, 1.165) is 27.1 Å². The number of alkyl carbamates (subject to hydrolysis) is 1. The standard InChI is InChI=1S/C21H23N4O7PS/c22-33(28,24-34(29,30)31)25-11-5-10-19(20(25)26)23-21(27)32-13-18-16-8-3-1-6-14(16)12-15-7-2-4-9-17(15)18/h1-4,6-9,12,19H,5,10-11,13H2,(H,23,27)(H3,22,24,28)(H,29,30,31)/t19-,33-/m1/s1. The molecule has 1 aliphatic heterocycles. The van der Waals surface area contributed by atoms with Gasteiger partial charge in [0.25, 0.3) is 5.91 Å². The van der Waals surface area contributed by atoms with Crippen molar-refractivity contribution in [2.75, 3.05) is 6.54 Å². The number of nitrogens with one attached hydrogen (secondary N) is 2. The molecule has 2 amide bonds. The molecule has 13 heteroatoms. The van der Waals surface area contributed by atoms with Gasteiger partial charge in [-0.1, -0.05) is 48.5 Å². The van der Waals surface area contributed by atoms with E-state index in [9.17, 15) is 22.6 Å². The summed E-state index contributed by atoms with van der Waals surface area (Å²) in [5.74, 6) is -0.846.